The molecular formula is C29H29FN8O4. The first kappa shape index (κ1) is 27.2. The fraction of sp³-hybridized carbons (Fsp3) is 0.345. The van der Waals surface area contributed by atoms with Crippen LogP contribution in [-0.4, -0.2) is 71.7 Å². The maximum absolute atomic E-state index is 14.7. The molecular weight excluding hydrogens is 543 g/mol. The predicted molar refractivity (Wildman–Crippen MR) is 151 cm³/mol. The summed E-state index contributed by atoms with van der Waals surface area (Å²) in [6.07, 6.45) is 3.70. The summed E-state index contributed by atoms with van der Waals surface area (Å²) in [5, 5.41) is 18.3. The van der Waals surface area contributed by atoms with Gasteiger partial charge in [-0.15, -0.1) is 0 Å². The van der Waals surface area contributed by atoms with Crippen molar-refractivity contribution < 1.29 is 23.6 Å². The Balaban J connectivity index is 1.25. The Morgan fingerprint density at radius 1 is 1.17 bits per heavy atom. The van der Waals surface area contributed by atoms with Crippen LogP contribution in [0.15, 0.2) is 42.9 Å². The van der Waals surface area contributed by atoms with E-state index in [1.807, 2.05) is 24.3 Å². The number of nitrogens with zero attached hydrogens (tertiary/aromatic N) is 6. The molecule has 4 aromatic rings. The number of Topliss-reactive ketones (excluding diaryl/α,β-unsaturated/α-hetero) is 1. The Hall–Kier alpha value is -4.94. The third-order valence-electron chi connectivity index (χ3n) is 7.94. The van der Waals surface area contributed by atoms with Crippen LogP contribution < -0.4 is 10.6 Å². The van der Waals surface area contributed by atoms with Crippen LogP contribution in [0, 0.1) is 5.92 Å². The van der Waals surface area contributed by atoms with Crippen LogP contribution in [0.2, 0.25) is 0 Å². The molecule has 2 aliphatic heterocycles. The van der Waals surface area contributed by atoms with E-state index < -0.39 is 24.0 Å². The zero-order valence-electron chi connectivity index (χ0n) is 23.3. The summed E-state index contributed by atoms with van der Waals surface area (Å²) in [5.41, 5.74) is 3.46. The molecule has 2 aliphatic rings. The van der Waals surface area contributed by atoms with Gasteiger partial charge in [-0.25, -0.2) is 4.39 Å². The van der Waals surface area contributed by atoms with Crippen LogP contribution in [-0.2, 0) is 34.4 Å². The normalized spacial score (nSPS) is 20.0. The minimum Gasteiger partial charge on any atom is -0.337 e. The first-order valence-electron chi connectivity index (χ1n) is 13.6. The highest BCUT2D eigenvalue weighted by Gasteiger charge is 2.41. The molecule has 3 unspecified atom stereocenters. The SMILES string of the molecule is CC(=O)c1cn(CC(=O)N2CC(F)CC2C(=O)Nc2nn(C)c3c2CC(C)C(=O)N3)c2ccc(-c3ccnnc3)cc12. The van der Waals surface area contributed by atoms with Gasteiger partial charge in [0.15, 0.2) is 11.6 Å². The summed E-state index contributed by atoms with van der Waals surface area (Å²) in [7, 11) is 1.65. The minimum atomic E-state index is -1.37. The van der Waals surface area contributed by atoms with Crippen molar-refractivity contribution in [3.63, 3.8) is 0 Å². The molecule has 1 saturated heterocycles. The number of carbonyl (C=O) groups is 4. The number of hydrogen-bond donors (Lipinski definition) is 2. The summed E-state index contributed by atoms with van der Waals surface area (Å²) >= 11 is 0. The average molecular weight is 573 g/mol. The maximum atomic E-state index is 14.7. The van der Waals surface area contributed by atoms with Crippen LogP contribution in [0.1, 0.15) is 36.2 Å². The highest BCUT2D eigenvalue weighted by Crippen LogP contribution is 2.32. The standard InChI is InChI=1S/C29H29FN8O4/c1-15-8-21-26(35-36(3)27(21)34-28(15)41)33-29(42)24-10-19(30)12-38(24)25(40)14-37-13-22(16(2)39)20-9-17(4-5-23(20)37)18-6-7-31-32-11-18/h4-7,9,11,13,15,19,24H,8,10,12,14H2,1-3H3,(H,34,41)(H,33,35,42). The molecule has 3 aromatic heterocycles. The van der Waals surface area contributed by atoms with E-state index in [2.05, 4.69) is 25.9 Å². The Morgan fingerprint density at radius 2 is 1.98 bits per heavy atom. The number of ketones is 1. The van der Waals surface area contributed by atoms with E-state index in [1.165, 1.54) is 16.5 Å². The highest BCUT2D eigenvalue weighted by atomic mass is 19.1. The van der Waals surface area contributed by atoms with E-state index in [-0.39, 0.29) is 42.9 Å². The molecule has 2 N–H and O–H groups in total. The largest absolute Gasteiger partial charge is 0.337 e. The van der Waals surface area contributed by atoms with Crippen LogP contribution in [0.25, 0.3) is 22.0 Å². The number of hydrogen-bond acceptors (Lipinski definition) is 7. The number of aromatic nitrogens is 5. The van der Waals surface area contributed by atoms with Crippen molar-refractivity contribution in [1.82, 2.24) is 29.4 Å². The van der Waals surface area contributed by atoms with Gasteiger partial charge < -0.3 is 20.1 Å². The van der Waals surface area contributed by atoms with Crippen molar-refractivity contribution >= 4 is 46.0 Å². The van der Waals surface area contributed by atoms with Gasteiger partial charge >= 0.3 is 0 Å². The summed E-state index contributed by atoms with van der Waals surface area (Å²) in [5.74, 6) is -0.817. The Bertz CT molecular complexity index is 1750. The molecule has 6 rings (SSSR count). The van der Waals surface area contributed by atoms with Crippen molar-refractivity contribution in [2.24, 2.45) is 13.0 Å². The third-order valence-corrected chi connectivity index (χ3v) is 7.94. The van der Waals surface area contributed by atoms with E-state index >= 15 is 0 Å². The minimum absolute atomic E-state index is 0.132. The quantitative estimate of drug-likeness (QED) is 0.338. The molecule has 0 spiro atoms. The van der Waals surface area contributed by atoms with Gasteiger partial charge in [0.1, 0.15) is 24.6 Å². The summed E-state index contributed by atoms with van der Waals surface area (Å²) in [6.45, 7) is 2.83. The Morgan fingerprint density at radius 3 is 2.71 bits per heavy atom. The summed E-state index contributed by atoms with van der Waals surface area (Å²) in [6, 6.07) is 6.32. The van der Waals surface area contributed by atoms with Crippen molar-refractivity contribution in [3.05, 3.63) is 54.0 Å². The number of benzene rings is 1. The fourth-order valence-electron chi connectivity index (χ4n) is 5.75. The van der Waals surface area contributed by atoms with Gasteiger partial charge in [0, 0.05) is 53.2 Å². The molecule has 1 aromatic carbocycles. The molecule has 0 saturated carbocycles. The number of halogens is 1. The number of likely N-dealkylation sites (tertiary alicyclic amines) is 1. The lowest BCUT2D eigenvalue weighted by atomic mass is 9.98. The lowest BCUT2D eigenvalue weighted by Crippen LogP contribution is -2.44. The number of amides is 3. The topological polar surface area (TPSA) is 144 Å². The van der Waals surface area contributed by atoms with Gasteiger partial charge in [-0.05, 0) is 37.1 Å². The van der Waals surface area contributed by atoms with E-state index in [1.54, 1.807) is 37.1 Å². The van der Waals surface area contributed by atoms with Gasteiger partial charge in [0.25, 0.3) is 0 Å². The first-order chi connectivity index (χ1) is 20.1. The number of anilines is 2. The number of rotatable bonds is 6. The number of carbonyl (C=O) groups excluding carboxylic acids is 4. The van der Waals surface area contributed by atoms with E-state index in [0.29, 0.717) is 34.3 Å². The number of aryl methyl sites for hydroxylation is 1. The second kappa shape index (κ2) is 10.5. The zero-order valence-corrected chi connectivity index (χ0v) is 23.3. The second-order valence-corrected chi connectivity index (χ2v) is 10.9. The molecule has 216 valence electrons. The molecule has 1 fully saturated rings. The number of fused-ring (bicyclic) bond motifs is 2. The van der Waals surface area contributed by atoms with Gasteiger partial charge in [0.2, 0.25) is 17.7 Å². The average Bonchev–Trinajstić information content (AvgIpc) is 3.63. The van der Waals surface area contributed by atoms with E-state index in [4.69, 9.17) is 0 Å². The van der Waals surface area contributed by atoms with Crippen LogP contribution in [0.3, 0.4) is 0 Å². The molecule has 13 heteroatoms. The second-order valence-electron chi connectivity index (χ2n) is 10.9. The van der Waals surface area contributed by atoms with Gasteiger partial charge in [0.05, 0.1) is 18.9 Å². The molecule has 42 heavy (non-hydrogen) atoms. The Labute approximate surface area is 239 Å². The van der Waals surface area contributed by atoms with Gasteiger partial charge in [-0.1, -0.05) is 13.0 Å². The van der Waals surface area contributed by atoms with Crippen molar-refractivity contribution in [2.45, 2.75) is 45.4 Å². The summed E-state index contributed by atoms with van der Waals surface area (Å²) < 4.78 is 17.8. The van der Waals surface area contributed by atoms with Crippen molar-refractivity contribution in [2.75, 3.05) is 17.2 Å². The van der Waals surface area contributed by atoms with Crippen LogP contribution in [0.4, 0.5) is 16.0 Å². The zero-order chi connectivity index (χ0) is 29.7. The van der Waals surface area contributed by atoms with Gasteiger partial charge in [-0.3, -0.25) is 23.9 Å². The molecule has 0 aliphatic carbocycles. The van der Waals surface area contributed by atoms with E-state index in [9.17, 15) is 23.6 Å². The molecule has 3 atom stereocenters. The highest BCUT2D eigenvalue weighted by molar-refractivity contribution is 6.08. The summed E-state index contributed by atoms with van der Waals surface area (Å²) in [4.78, 5) is 52.8. The van der Waals surface area contributed by atoms with Crippen LogP contribution >= 0.6 is 0 Å². The van der Waals surface area contributed by atoms with E-state index in [0.717, 1.165) is 11.1 Å². The molecule has 5 heterocycles. The first-order valence-corrected chi connectivity index (χ1v) is 13.6. The lowest BCUT2D eigenvalue weighted by molar-refractivity contribution is -0.137. The third kappa shape index (κ3) is 4.80. The molecule has 3 amide bonds. The van der Waals surface area contributed by atoms with Gasteiger partial charge in [-0.2, -0.15) is 15.3 Å². The predicted octanol–water partition coefficient (Wildman–Crippen LogP) is 2.74. The number of nitrogens with one attached hydrogen (secondary N) is 2. The van der Waals surface area contributed by atoms with Crippen molar-refractivity contribution in [1.29, 1.82) is 0 Å². The molecule has 0 bridgehead atoms. The Kier molecular flexibility index (Phi) is 6.79. The maximum Gasteiger partial charge on any atom is 0.248 e. The smallest absolute Gasteiger partial charge is 0.248 e. The lowest BCUT2D eigenvalue weighted by Gasteiger charge is -2.24. The molecule has 12 nitrogen and oxygen atoms in total. The monoisotopic (exact) mass is 572 g/mol. The molecule has 0 radical (unpaired) electrons. The van der Waals surface area contributed by atoms with Crippen molar-refractivity contribution in [3.8, 4) is 11.1 Å². The van der Waals surface area contributed by atoms with Crippen LogP contribution in [0.5, 0.6) is 0 Å². The fourth-order valence-corrected chi connectivity index (χ4v) is 5.75. The number of alkyl halides is 1.